The van der Waals surface area contributed by atoms with E-state index in [-0.39, 0.29) is 5.91 Å². The summed E-state index contributed by atoms with van der Waals surface area (Å²) in [5, 5.41) is 15.9. The van der Waals surface area contributed by atoms with Crippen LogP contribution >= 0.6 is 0 Å². The van der Waals surface area contributed by atoms with Gasteiger partial charge in [-0.1, -0.05) is 35.5 Å². The minimum absolute atomic E-state index is 0.0324. The first-order valence-electron chi connectivity index (χ1n) is 10.1. The maximum absolute atomic E-state index is 12.7. The summed E-state index contributed by atoms with van der Waals surface area (Å²) in [5.74, 6) is 0.613. The number of nitrogens with one attached hydrogen (secondary N) is 1. The molecule has 3 aromatic rings. The van der Waals surface area contributed by atoms with E-state index in [1.54, 1.807) is 0 Å². The fraction of sp³-hybridized carbons (Fsp3) is 0.429. The molecule has 1 N–H and O–H groups in total. The Morgan fingerprint density at radius 2 is 1.89 bits per heavy atom. The van der Waals surface area contributed by atoms with Crippen molar-refractivity contribution in [1.29, 1.82) is 0 Å². The number of carbonyl (C=O) groups excluding carboxylic acids is 1. The van der Waals surface area contributed by atoms with Crippen molar-refractivity contribution >= 4 is 5.91 Å². The summed E-state index contributed by atoms with van der Waals surface area (Å²) < 4.78 is 1.97. The van der Waals surface area contributed by atoms with Crippen LogP contribution in [0.3, 0.4) is 0 Å². The quantitative estimate of drug-likeness (QED) is 0.742. The van der Waals surface area contributed by atoms with Crippen LogP contribution in [0.5, 0.6) is 0 Å². The molecule has 0 radical (unpaired) electrons. The van der Waals surface area contributed by atoms with E-state index < -0.39 is 0 Å². The number of aromatic amines is 1. The highest BCUT2D eigenvalue weighted by Crippen LogP contribution is 2.39. The van der Waals surface area contributed by atoms with Crippen LogP contribution in [-0.2, 0) is 6.42 Å². The minimum Gasteiger partial charge on any atom is -0.337 e. The van der Waals surface area contributed by atoms with Gasteiger partial charge in [0, 0.05) is 37.3 Å². The molecule has 1 saturated carbocycles. The first-order chi connectivity index (χ1) is 13.8. The highest BCUT2D eigenvalue weighted by molar-refractivity contribution is 5.92. The summed E-state index contributed by atoms with van der Waals surface area (Å²) in [5.41, 5.74) is 3.87. The third kappa shape index (κ3) is 3.56. The topological polar surface area (TPSA) is 79.7 Å². The fourth-order valence-corrected chi connectivity index (χ4v) is 3.92. The molecule has 1 saturated heterocycles. The lowest BCUT2D eigenvalue weighted by molar-refractivity contribution is 0.0683. The molecule has 144 valence electrons. The number of benzene rings is 1. The number of aromatic nitrogens is 5. The van der Waals surface area contributed by atoms with Crippen molar-refractivity contribution in [1.82, 2.24) is 30.1 Å². The monoisotopic (exact) mass is 376 g/mol. The summed E-state index contributed by atoms with van der Waals surface area (Å²) >= 11 is 0. The number of H-pyrrole nitrogens is 1. The molecule has 1 aromatic carbocycles. The van der Waals surface area contributed by atoms with Crippen LogP contribution in [0.2, 0.25) is 0 Å². The molecule has 5 rings (SSSR count). The molecule has 1 aliphatic carbocycles. The van der Waals surface area contributed by atoms with Crippen molar-refractivity contribution in [3.05, 3.63) is 65.2 Å². The lowest BCUT2D eigenvalue weighted by Crippen LogP contribution is -2.39. The summed E-state index contributed by atoms with van der Waals surface area (Å²) in [6, 6.07) is 12.5. The van der Waals surface area contributed by atoms with E-state index in [0.717, 1.165) is 43.7 Å². The molecule has 2 aromatic heterocycles. The summed E-state index contributed by atoms with van der Waals surface area (Å²) in [6.07, 6.45) is 7.02. The van der Waals surface area contributed by atoms with Crippen LogP contribution in [0.1, 0.15) is 65.1 Å². The van der Waals surface area contributed by atoms with Crippen LogP contribution < -0.4 is 0 Å². The molecular formula is C21H24N6O. The van der Waals surface area contributed by atoms with Gasteiger partial charge in [-0.2, -0.15) is 5.10 Å². The van der Waals surface area contributed by atoms with Gasteiger partial charge >= 0.3 is 0 Å². The number of hydrogen-bond acceptors (Lipinski definition) is 4. The Morgan fingerprint density at radius 3 is 2.64 bits per heavy atom. The molecule has 0 bridgehead atoms. The Hall–Kier alpha value is -2.96. The molecule has 28 heavy (non-hydrogen) atoms. The first-order valence-corrected chi connectivity index (χ1v) is 10.1. The Kier molecular flexibility index (Phi) is 4.43. The second-order valence-electron chi connectivity index (χ2n) is 7.86. The van der Waals surface area contributed by atoms with E-state index >= 15 is 0 Å². The number of rotatable bonds is 5. The number of likely N-dealkylation sites (tertiary alicyclic amines) is 1. The molecule has 1 aliphatic heterocycles. The number of carbonyl (C=O) groups is 1. The van der Waals surface area contributed by atoms with E-state index in [0.29, 0.717) is 17.7 Å². The lowest BCUT2D eigenvalue weighted by Gasteiger charge is -2.31. The molecule has 0 spiro atoms. The molecule has 7 heteroatoms. The van der Waals surface area contributed by atoms with Crippen molar-refractivity contribution < 1.29 is 4.79 Å². The van der Waals surface area contributed by atoms with E-state index in [1.165, 1.54) is 18.4 Å². The number of hydrogen-bond donors (Lipinski definition) is 1. The van der Waals surface area contributed by atoms with Gasteiger partial charge in [0.2, 0.25) is 0 Å². The molecule has 0 atom stereocenters. The van der Waals surface area contributed by atoms with Gasteiger partial charge in [0.25, 0.3) is 5.91 Å². The fourth-order valence-electron chi connectivity index (χ4n) is 3.92. The van der Waals surface area contributed by atoms with E-state index in [4.69, 9.17) is 0 Å². The third-order valence-corrected chi connectivity index (χ3v) is 5.75. The average Bonchev–Trinajstić information content (AvgIpc) is 3.28. The summed E-state index contributed by atoms with van der Waals surface area (Å²) in [6.45, 7) is 1.45. The van der Waals surface area contributed by atoms with Gasteiger partial charge in [-0.3, -0.25) is 9.89 Å². The smallest absolute Gasteiger partial charge is 0.274 e. The normalized spacial score (nSPS) is 17.8. The standard InChI is InChI=1S/C21H24N6O/c28-21(20-13-19(23-24-20)16-6-7-16)26-10-8-18(9-11-26)27-14-17(22-25-27)12-15-4-2-1-3-5-15/h1-5,13-14,16,18H,6-12H2,(H,23,24). The van der Waals surface area contributed by atoms with Gasteiger partial charge < -0.3 is 4.90 Å². The van der Waals surface area contributed by atoms with Crippen LogP contribution in [0.4, 0.5) is 0 Å². The maximum Gasteiger partial charge on any atom is 0.274 e. The van der Waals surface area contributed by atoms with E-state index in [2.05, 4.69) is 32.6 Å². The molecule has 0 unspecified atom stereocenters. The Balaban J connectivity index is 1.18. The average molecular weight is 376 g/mol. The van der Waals surface area contributed by atoms with Gasteiger partial charge in [0.05, 0.1) is 11.7 Å². The Bertz CT molecular complexity index is 950. The van der Waals surface area contributed by atoms with Crippen molar-refractivity contribution in [3.8, 4) is 0 Å². The second kappa shape index (κ2) is 7.22. The van der Waals surface area contributed by atoms with Crippen molar-refractivity contribution in [2.45, 2.75) is 44.1 Å². The number of amides is 1. The van der Waals surface area contributed by atoms with E-state index in [1.807, 2.05) is 40.0 Å². The zero-order valence-corrected chi connectivity index (χ0v) is 15.8. The molecule has 7 nitrogen and oxygen atoms in total. The first kappa shape index (κ1) is 17.2. The molecular weight excluding hydrogens is 352 g/mol. The number of nitrogens with zero attached hydrogens (tertiary/aromatic N) is 5. The van der Waals surface area contributed by atoms with Crippen LogP contribution in [0, 0.1) is 0 Å². The largest absolute Gasteiger partial charge is 0.337 e. The highest BCUT2D eigenvalue weighted by atomic mass is 16.2. The van der Waals surface area contributed by atoms with Gasteiger partial charge in [-0.25, -0.2) is 4.68 Å². The van der Waals surface area contributed by atoms with Crippen molar-refractivity contribution in [3.63, 3.8) is 0 Å². The van der Waals surface area contributed by atoms with Crippen LogP contribution in [0.25, 0.3) is 0 Å². The zero-order valence-electron chi connectivity index (χ0n) is 15.8. The SMILES string of the molecule is O=C(c1cc(C2CC2)[nH]n1)N1CCC(n2cc(Cc3ccccc3)nn2)CC1. The van der Waals surface area contributed by atoms with Crippen molar-refractivity contribution in [2.75, 3.05) is 13.1 Å². The van der Waals surface area contributed by atoms with Gasteiger partial charge in [0.15, 0.2) is 0 Å². The molecule has 2 aliphatic rings. The second-order valence-corrected chi connectivity index (χ2v) is 7.86. The van der Waals surface area contributed by atoms with Gasteiger partial charge in [-0.05, 0) is 37.3 Å². The minimum atomic E-state index is 0.0324. The summed E-state index contributed by atoms with van der Waals surface area (Å²) in [4.78, 5) is 14.6. The number of piperidine rings is 1. The Morgan fingerprint density at radius 1 is 1.11 bits per heavy atom. The molecule has 3 heterocycles. The van der Waals surface area contributed by atoms with Crippen molar-refractivity contribution in [2.24, 2.45) is 0 Å². The van der Waals surface area contributed by atoms with Gasteiger partial charge in [0.1, 0.15) is 5.69 Å². The van der Waals surface area contributed by atoms with Crippen LogP contribution in [-0.4, -0.2) is 49.1 Å². The predicted molar refractivity (Wildman–Crippen MR) is 104 cm³/mol. The Labute approximate surface area is 163 Å². The summed E-state index contributed by atoms with van der Waals surface area (Å²) in [7, 11) is 0. The lowest BCUT2D eigenvalue weighted by atomic mass is 10.0. The molecule has 1 amide bonds. The van der Waals surface area contributed by atoms with Gasteiger partial charge in [-0.15, -0.1) is 5.10 Å². The van der Waals surface area contributed by atoms with E-state index in [9.17, 15) is 4.79 Å². The zero-order chi connectivity index (χ0) is 18.9. The highest BCUT2D eigenvalue weighted by Gasteiger charge is 2.29. The maximum atomic E-state index is 12.7. The van der Waals surface area contributed by atoms with Crippen LogP contribution in [0.15, 0.2) is 42.6 Å². The third-order valence-electron chi connectivity index (χ3n) is 5.75. The molecule has 2 fully saturated rings. The predicted octanol–water partition coefficient (Wildman–Crippen LogP) is 2.95.